The number of rotatable bonds is 3. The van der Waals surface area contributed by atoms with Gasteiger partial charge in [0.05, 0.1) is 16.6 Å². The zero-order valence-electron chi connectivity index (χ0n) is 10.3. The molecule has 0 heterocycles. The molecule has 2 nitrogen and oxygen atoms in total. The van der Waals surface area contributed by atoms with Crippen LogP contribution in [0.25, 0.3) is 0 Å². The smallest absolute Gasteiger partial charge is 0.144 e. The second kappa shape index (κ2) is 5.48. The SMILES string of the molecule is Cc1ccccc1CS(=O)c1c(F)cc(N)cc1F. The number of nitrogens with two attached hydrogens (primary N) is 1. The van der Waals surface area contributed by atoms with E-state index in [4.69, 9.17) is 5.73 Å². The monoisotopic (exact) mass is 281 g/mol. The van der Waals surface area contributed by atoms with Crippen molar-refractivity contribution < 1.29 is 13.0 Å². The van der Waals surface area contributed by atoms with E-state index >= 15 is 0 Å². The summed E-state index contributed by atoms with van der Waals surface area (Å²) in [5, 5.41) is 0. The van der Waals surface area contributed by atoms with Crippen molar-refractivity contribution in [2.75, 3.05) is 5.73 Å². The minimum Gasteiger partial charge on any atom is -0.399 e. The molecule has 5 heteroatoms. The fourth-order valence-corrected chi connectivity index (χ4v) is 3.09. The van der Waals surface area contributed by atoms with Gasteiger partial charge in [-0.15, -0.1) is 0 Å². The van der Waals surface area contributed by atoms with Gasteiger partial charge >= 0.3 is 0 Å². The predicted molar refractivity (Wildman–Crippen MR) is 72.1 cm³/mol. The first kappa shape index (κ1) is 13.7. The molecule has 0 amide bonds. The predicted octanol–water partition coefficient (Wildman–Crippen LogP) is 3.16. The molecule has 2 N–H and O–H groups in total. The summed E-state index contributed by atoms with van der Waals surface area (Å²) in [6.07, 6.45) is 0. The van der Waals surface area contributed by atoms with E-state index in [1.165, 1.54) is 0 Å². The molecule has 0 aliphatic heterocycles. The summed E-state index contributed by atoms with van der Waals surface area (Å²) in [6, 6.07) is 9.27. The van der Waals surface area contributed by atoms with E-state index in [-0.39, 0.29) is 11.4 Å². The van der Waals surface area contributed by atoms with E-state index in [0.29, 0.717) is 0 Å². The minimum atomic E-state index is -1.78. The Hall–Kier alpha value is -1.75. The van der Waals surface area contributed by atoms with Gasteiger partial charge in [0.15, 0.2) is 0 Å². The summed E-state index contributed by atoms with van der Waals surface area (Å²) >= 11 is 0. The number of benzene rings is 2. The van der Waals surface area contributed by atoms with Crippen LogP contribution in [-0.2, 0) is 16.6 Å². The molecule has 0 saturated heterocycles. The average Bonchev–Trinajstić information content (AvgIpc) is 2.30. The van der Waals surface area contributed by atoms with Crippen molar-refractivity contribution in [3.8, 4) is 0 Å². The van der Waals surface area contributed by atoms with Crippen LogP contribution in [0.3, 0.4) is 0 Å². The highest BCUT2D eigenvalue weighted by Gasteiger charge is 2.17. The van der Waals surface area contributed by atoms with Crippen molar-refractivity contribution in [2.45, 2.75) is 17.6 Å². The summed E-state index contributed by atoms with van der Waals surface area (Å²) < 4.78 is 39.4. The molecule has 1 unspecified atom stereocenters. The number of halogens is 2. The Morgan fingerprint density at radius 1 is 1.16 bits per heavy atom. The summed E-state index contributed by atoms with van der Waals surface area (Å²) in [7, 11) is -1.78. The van der Waals surface area contributed by atoms with Crippen molar-refractivity contribution in [1.29, 1.82) is 0 Å². The van der Waals surface area contributed by atoms with Crippen molar-refractivity contribution in [1.82, 2.24) is 0 Å². The van der Waals surface area contributed by atoms with E-state index < -0.39 is 27.3 Å². The summed E-state index contributed by atoms with van der Waals surface area (Å²) in [6.45, 7) is 1.86. The highest BCUT2D eigenvalue weighted by atomic mass is 32.2. The largest absolute Gasteiger partial charge is 0.399 e. The topological polar surface area (TPSA) is 43.1 Å². The Morgan fingerprint density at radius 2 is 1.74 bits per heavy atom. The van der Waals surface area contributed by atoms with E-state index in [9.17, 15) is 13.0 Å². The molecule has 0 aliphatic rings. The molecule has 0 aliphatic carbocycles. The lowest BCUT2D eigenvalue weighted by atomic mass is 10.1. The molecule has 2 rings (SSSR count). The lowest BCUT2D eigenvalue weighted by molar-refractivity contribution is 0.535. The number of hydrogen-bond acceptors (Lipinski definition) is 2. The third kappa shape index (κ3) is 2.98. The van der Waals surface area contributed by atoms with Gasteiger partial charge < -0.3 is 5.73 Å². The third-order valence-corrected chi connectivity index (χ3v) is 4.21. The summed E-state index contributed by atoms with van der Waals surface area (Å²) in [5.41, 5.74) is 7.04. The molecule has 0 radical (unpaired) electrons. The molecular formula is C14H13F2NOS. The van der Waals surface area contributed by atoms with Gasteiger partial charge in [0.2, 0.25) is 0 Å². The Balaban J connectivity index is 2.34. The van der Waals surface area contributed by atoms with Crippen LogP contribution in [0, 0.1) is 18.6 Å². The molecule has 0 spiro atoms. The van der Waals surface area contributed by atoms with Crippen molar-refractivity contribution in [3.05, 3.63) is 59.2 Å². The fraction of sp³-hybridized carbons (Fsp3) is 0.143. The maximum Gasteiger partial charge on any atom is 0.144 e. The van der Waals surface area contributed by atoms with Crippen LogP contribution >= 0.6 is 0 Å². The molecular weight excluding hydrogens is 268 g/mol. The first-order valence-corrected chi connectivity index (χ1v) is 6.98. The van der Waals surface area contributed by atoms with Gasteiger partial charge in [-0.1, -0.05) is 24.3 Å². The van der Waals surface area contributed by atoms with Crippen LogP contribution < -0.4 is 5.73 Å². The lowest BCUT2D eigenvalue weighted by Crippen LogP contribution is -2.05. The van der Waals surface area contributed by atoms with E-state index in [1.807, 2.05) is 19.1 Å². The molecule has 0 saturated carbocycles. The Morgan fingerprint density at radius 3 is 2.32 bits per heavy atom. The second-order valence-corrected chi connectivity index (χ2v) is 5.62. The van der Waals surface area contributed by atoms with E-state index in [1.54, 1.807) is 12.1 Å². The standard InChI is InChI=1S/C14H13F2NOS/c1-9-4-2-3-5-10(9)8-19(18)14-12(15)6-11(17)7-13(14)16/h2-7H,8,17H2,1H3. The lowest BCUT2D eigenvalue weighted by Gasteiger charge is -2.08. The molecule has 19 heavy (non-hydrogen) atoms. The first-order chi connectivity index (χ1) is 8.99. The molecule has 100 valence electrons. The maximum absolute atomic E-state index is 13.7. The third-order valence-electron chi connectivity index (χ3n) is 2.80. The van der Waals surface area contributed by atoms with Crippen LogP contribution in [0.15, 0.2) is 41.3 Å². The van der Waals surface area contributed by atoms with Gasteiger partial charge in [-0.05, 0) is 30.2 Å². The zero-order valence-corrected chi connectivity index (χ0v) is 11.1. The van der Waals surface area contributed by atoms with Crippen LogP contribution in [0.2, 0.25) is 0 Å². The minimum absolute atomic E-state index is 0.0216. The quantitative estimate of drug-likeness (QED) is 0.878. The van der Waals surface area contributed by atoms with Crippen molar-refractivity contribution in [3.63, 3.8) is 0 Å². The number of anilines is 1. The molecule has 0 fully saturated rings. The molecule has 0 aromatic heterocycles. The molecule has 0 bridgehead atoms. The highest BCUT2D eigenvalue weighted by molar-refractivity contribution is 7.84. The molecule has 1 atom stereocenters. The van der Waals surface area contributed by atoms with E-state index in [0.717, 1.165) is 23.3 Å². The first-order valence-electron chi connectivity index (χ1n) is 5.66. The zero-order chi connectivity index (χ0) is 14.0. The second-order valence-electron chi connectivity index (χ2n) is 4.23. The van der Waals surface area contributed by atoms with E-state index in [2.05, 4.69) is 0 Å². The Kier molecular flexibility index (Phi) is 3.95. The Labute approximate surface area is 112 Å². The van der Waals surface area contributed by atoms with Crippen LogP contribution in [0.4, 0.5) is 14.5 Å². The van der Waals surface area contributed by atoms with Gasteiger partial charge in [-0.3, -0.25) is 4.21 Å². The maximum atomic E-state index is 13.7. The van der Waals surface area contributed by atoms with Gasteiger partial charge in [-0.2, -0.15) is 0 Å². The normalized spacial score (nSPS) is 12.4. The van der Waals surface area contributed by atoms with Gasteiger partial charge in [0, 0.05) is 5.69 Å². The van der Waals surface area contributed by atoms with Gasteiger partial charge in [-0.25, -0.2) is 8.78 Å². The fourth-order valence-electron chi connectivity index (χ4n) is 1.78. The highest BCUT2D eigenvalue weighted by Crippen LogP contribution is 2.23. The van der Waals surface area contributed by atoms with Crippen molar-refractivity contribution in [2.24, 2.45) is 0 Å². The Bertz CT molecular complexity index is 620. The van der Waals surface area contributed by atoms with Gasteiger partial charge in [0.25, 0.3) is 0 Å². The summed E-state index contributed by atoms with van der Waals surface area (Å²) in [5.74, 6) is -1.67. The van der Waals surface area contributed by atoms with Crippen LogP contribution in [-0.4, -0.2) is 4.21 Å². The van der Waals surface area contributed by atoms with Crippen molar-refractivity contribution >= 4 is 16.5 Å². The number of nitrogen functional groups attached to an aromatic ring is 1. The average molecular weight is 281 g/mol. The molecule has 2 aromatic carbocycles. The summed E-state index contributed by atoms with van der Waals surface area (Å²) in [4.78, 5) is -0.419. The van der Waals surface area contributed by atoms with Gasteiger partial charge in [0.1, 0.15) is 16.5 Å². The molecule has 2 aromatic rings. The van der Waals surface area contributed by atoms with Crippen LogP contribution in [0.1, 0.15) is 11.1 Å². The number of hydrogen-bond donors (Lipinski definition) is 1. The van der Waals surface area contributed by atoms with Crippen LogP contribution in [0.5, 0.6) is 0 Å². The number of aryl methyl sites for hydroxylation is 1.